The van der Waals surface area contributed by atoms with Crippen molar-refractivity contribution < 1.29 is 0 Å². The molecule has 18 heavy (non-hydrogen) atoms. The fourth-order valence-corrected chi connectivity index (χ4v) is 2.85. The molecule has 0 saturated heterocycles. The second kappa shape index (κ2) is 6.11. The van der Waals surface area contributed by atoms with Gasteiger partial charge < -0.3 is 0 Å². The first-order chi connectivity index (χ1) is 8.72. The molecule has 0 aliphatic heterocycles. The summed E-state index contributed by atoms with van der Waals surface area (Å²) in [6.07, 6.45) is 0.902. The quantitative estimate of drug-likeness (QED) is 0.859. The average Bonchev–Trinajstić information content (AvgIpc) is 2.71. The van der Waals surface area contributed by atoms with Gasteiger partial charge in [0.2, 0.25) is 0 Å². The van der Waals surface area contributed by atoms with Gasteiger partial charge >= 0.3 is 5.69 Å². The van der Waals surface area contributed by atoms with E-state index in [1.807, 2.05) is 31.2 Å². The fraction of sp³-hybridized carbons (Fsp3) is 0.333. The predicted molar refractivity (Wildman–Crippen MR) is 74.2 cm³/mol. The van der Waals surface area contributed by atoms with E-state index in [2.05, 4.69) is 10.2 Å². The van der Waals surface area contributed by atoms with Crippen LogP contribution in [0.4, 0.5) is 0 Å². The lowest BCUT2D eigenvalue weighted by Gasteiger charge is -2.05. The molecule has 0 atom stereocenters. The Labute approximate surface area is 114 Å². The number of benzene rings is 1. The summed E-state index contributed by atoms with van der Waals surface area (Å²) in [5.41, 5.74) is 0.890. The van der Waals surface area contributed by atoms with Crippen LogP contribution in [0.1, 0.15) is 18.9 Å². The van der Waals surface area contributed by atoms with Crippen molar-refractivity contribution in [3.63, 3.8) is 0 Å². The van der Waals surface area contributed by atoms with E-state index in [0.717, 1.165) is 17.0 Å². The first-order valence-corrected chi connectivity index (χ1v) is 7.10. The Morgan fingerprint density at radius 1 is 1.44 bits per heavy atom. The van der Waals surface area contributed by atoms with E-state index in [0.29, 0.717) is 17.5 Å². The van der Waals surface area contributed by atoms with Gasteiger partial charge in [0.15, 0.2) is 5.16 Å². The first-order valence-electron chi connectivity index (χ1n) is 5.73. The highest BCUT2D eigenvalue weighted by Gasteiger charge is 2.09. The van der Waals surface area contributed by atoms with E-state index in [4.69, 9.17) is 11.6 Å². The van der Waals surface area contributed by atoms with Gasteiger partial charge in [0.05, 0.1) is 0 Å². The van der Waals surface area contributed by atoms with Gasteiger partial charge in [-0.05, 0) is 18.1 Å². The molecule has 0 aliphatic rings. The number of H-pyrrole nitrogens is 1. The molecule has 0 amide bonds. The third-order valence-corrected chi connectivity index (χ3v) is 3.88. The second-order valence-electron chi connectivity index (χ2n) is 3.84. The Kier molecular flexibility index (Phi) is 4.49. The van der Waals surface area contributed by atoms with Crippen LogP contribution in [0.25, 0.3) is 0 Å². The summed E-state index contributed by atoms with van der Waals surface area (Å²) in [5, 5.41) is 7.95. The van der Waals surface area contributed by atoms with E-state index in [1.165, 1.54) is 11.8 Å². The molecule has 0 radical (unpaired) electrons. The smallest absolute Gasteiger partial charge is 0.270 e. The van der Waals surface area contributed by atoms with Gasteiger partial charge in [-0.15, -0.1) is 5.10 Å². The molecule has 2 aromatic rings. The molecule has 1 aromatic heterocycles. The molecule has 2 rings (SSSR count). The van der Waals surface area contributed by atoms with Gasteiger partial charge in [-0.2, -0.15) is 0 Å². The maximum Gasteiger partial charge on any atom is 0.343 e. The van der Waals surface area contributed by atoms with E-state index in [9.17, 15) is 4.79 Å². The van der Waals surface area contributed by atoms with Gasteiger partial charge in [-0.25, -0.2) is 9.89 Å². The van der Waals surface area contributed by atoms with E-state index in [1.54, 1.807) is 4.57 Å². The van der Waals surface area contributed by atoms with Crippen LogP contribution >= 0.6 is 23.4 Å². The van der Waals surface area contributed by atoms with Crippen molar-refractivity contribution in [2.45, 2.75) is 30.8 Å². The maximum absolute atomic E-state index is 11.5. The molecule has 4 nitrogen and oxygen atoms in total. The molecule has 96 valence electrons. The highest BCUT2D eigenvalue weighted by molar-refractivity contribution is 7.98. The lowest BCUT2D eigenvalue weighted by atomic mass is 10.2. The van der Waals surface area contributed by atoms with Crippen LogP contribution < -0.4 is 5.69 Å². The molecule has 0 unspecified atom stereocenters. The number of aromatic amines is 1. The fourth-order valence-electron chi connectivity index (χ4n) is 1.59. The van der Waals surface area contributed by atoms with Crippen molar-refractivity contribution in [2.75, 3.05) is 0 Å². The number of hydrogen-bond donors (Lipinski definition) is 1. The molecule has 0 saturated carbocycles. The SMILES string of the molecule is CCCn1c(SCc2ccccc2Cl)n[nH]c1=O. The van der Waals surface area contributed by atoms with Crippen molar-refractivity contribution in [3.8, 4) is 0 Å². The van der Waals surface area contributed by atoms with Crippen LogP contribution in [0, 0.1) is 0 Å². The van der Waals surface area contributed by atoms with Gasteiger partial charge in [-0.1, -0.05) is 48.5 Å². The molecule has 0 fully saturated rings. The third kappa shape index (κ3) is 2.97. The Balaban J connectivity index is 2.11. The van der Waals surface area contributed by atoms with E-state index < -0.39 is 0 Å². The van der Waals surface area contributed by atoms with Crippen LogP contribution in [0.15, 0.2) is 34.2 Å². The van der Waals surface area contributed by atoms with Crippen LogP contribution in [-0.2, 0) is 12.3 Å². The van der Waals surface area contributed by atoms with Gasteiger partial charge in [-0.3, -0.25) is 4.57 Å². The highest BCUT2D eigenvalue weighted by Crippen LogP contribution is 2.24. The molecular formula is C12H14ClN3OS. The first kappa shape index (κ1) is 13.2. The van der Waals surface area contributed by atoms with Crippen molar-refractivity contribution in [1.82, 2.24) is 14.8 Å². The zero-order chi connectivity index (χ0) is 13.0. The molecule has 1 aromatic carbocycles. The van der Waals surface area contributed by atoms with Crippen molar-refractivity contribution >= 4 is 23.4 Å². The average molecular weight is 284 g/mol. The van der Waals surface area contributed by atoms with Crippen molar-refractivity contribution in [2.24, 2.45) is 0 Å². The third-order valence-electron chi connectivity index (χ3n) is 2.49. The minimum absolute atomic E-state index is 0.154. The van der Waals surface area contributed by atoms with Gasteiger partial charge in [0, 0.05) is 17.3 Å². The molecule has 0 bridgehead atoms. The van der Waals surface area contributed by atoms with Crippen LogP contribution in [0.5, 0.6) is 0 Å². The van der Waals surface area contributed by atoms with Crippen molar-refractivity contribution in [3.05, 3.63) is 45.3 Å². The molecular weight excluding hydrogens is 270 g/mol. The predicted octanol–water partition coefficient (Wildman–Crippen LogP) is 2.93. The number of nitrogens with zero attached hydrogens (tertiary/aromatic N) is 2. The van der Waals surface area contributed by atoms with E-state index >= 15 is 0 Å². The summed E-state index contributed by atoms with van der Waals surface area (Å²) in [7, 11) is 0. The summed E-state index contributed by atoms with van der Waals surface area (Å²) in [6, 6.07) is 7.69. The second-order valence-corrected chi connectivity index (χ2v) is 5.19. The summed E-state index contributed by atoms with van der Waals surface area (Å²) in [4.78, 5) is 11.5. The molecule has 0 aliphatic carbocycles. The monoisotopic (exact) mass is 283 g/mol. The number of halogens is 1. The number of thioether (sulfide) groups is 1. The summed E-state index contributed by atoms with van der Waals surface area (Å²) in [6.45, 7) is 2.71. The number of hydrogen-bond acceptors (Lipinski definition) is 3. The Bertz CT molecular complexity index is 579. The Morgan fingerprint density at radius 3 is 2.94 bits per heavy atom. The Hall–Kier alpha value is -1.20. The highest BCUT2D eigenvalue weighted by atomic mass is 35.5. The minimum Gasteiger partial charge on any atom is -0.270 e. The topological polar surface area (TPSA) is 50.7 Å². The molecule has 1 heterocycles. The van der Waals surface area contributed by atoms with Gasteiger partial charge in [0.1, 0.15) is 0 Å². The molecule has 1 N–H and O–H groups in total. The lowest BCUT2D eigenvalue weighted by molar-refractivity contribution is 0.604. The van der Waals surface area contributed by atoms with Crippen LogP contribution in [0.2, 0.25) is 5.02 Å². The zero-order valence-corrected chi connectivity index (χ0v) is 11.6. The van der Waals surface area contributed by atoms with E-state index in [-0.39, 0.29) is 5.69 Å². The summed E-state index contributed by atoms with van der Waals surface area (Å²) in [5.74, 6) is 0.702. The summed E-state index contributed by atoms with van der Waals surface area (Å²) >= 11 is 7.60. The van der Waals surface area contributed by atoms with Gasteiger partial charge in [0.25, 0.3) is 0 Å². The number of rotatable bonds is 5. The normalized spacial score (nSPS) is 10.8. The standard InChI is InChI=1S/C12H14ClN3OS/c1-2-7-16-11(17)14-15-12(16)18-8-9-5-3-4-6-10(9)13/h3-6H,2,7-8H2,1H3,(H,14,17). The summed E-state index contributed by atoms with van der Waals surface area (Å²) < 4.78 is 1.65. The van der Waals surface area contributed by atoms with Crippen LogP contribution in [0.3, 0.4) is 0 Å². The minimum atomic E-state index is -0.154. The number of nitrogens with one attached hydrogen (secondary N) is 1. The van der Waals surface area contributed by atoms with Crippen molar-refractivity contribution in [1.29, 1.82) is 0 Å². The maximum atomic E-state index is 11.5. The number of aromatic nitrogens is 3. The largest absolute Gasteiger partial charge is 0.343 e. The Morgan fingerprint density at radius 2 is 2.22 bits per heavy atom. The molecule has 6 heteroatoms. The lowest BCUT2D eigenvalue weighted by Crippen LogP contribution is -2.17. The molecule has 0 spiro atoms. The zero-order valence-electron chi connectivity index (χ0n) is 10.0. The van der Waals surface area contributed by atoms with Crippen LogP contribution in [-0.4, -0.2) is 14.8 Å².